The lowest BCUT2D eigenvalue weighted by molar-refractivity contribution is -0.759. The quantitative estimate of drug-likeness (QED) is 0.451. The second kappa shape index (κ2) is 8.68. The minimum absolute atomic E-state index is 0.172. The van der Waals surface area contributed by atoms with E-state index >= 15 is 0 Å². The summed E-state index contributed by atoms with van der Waals surface area (Å²) in [5.74, 6) is -1.53. The Balaban J connectivity index is 3.24. The molecule has 0 aliphatic carbocycles. The van der Waals surface area contributed by atoms with Crippen molar-refractivity contribution in [2.75, 3.05) is 13.2 Å². The van der Waals surface area contributed by atoms with E-state index in [0.717, 1.165) is 0 Å². The maximum Gasteiger partial charge on any atom is 0.327 e. The van der Waals surface area contributed by atoms with Crippen molar-refractivity contribution in [2.24, 2.45) is 17.8 Å². The molecule has 11 heteroatoms. The van der Waals surface area contributed by atoms with Crippen molar-refractivity contribution in [3.05, 3.63) is 20.2 Å². The zero-order valence-corrected chi connectivity index (χ0v) is 16.7. The number of carbonyl (C=O) groups is 1. The van der Waals surface area contributed by atoms with Crippen LogP contribution in [0.4, 0.5) is 0 Å². The average Bonchev–Trinajstić information content (AvgIpc) is 2.58. The molecule has 1 rings (SSSR count). The van der Waals surface area contributed by atoms with Gasteiger partial charge in [0.1, 0.15) is 13.2 Å². The third kappa shape index (κ3) is 5.65. The molecule has 1 aliphatic heterocycles. The van der Waals surface area contributed by atoms with Crippen molar-refractivity contribution >= 4 is 5.97 Å². The van der Waals surface area contributed by atoms with E-state index < -0.39 is 27.2 Å². The summed E-state index contributed by atoms with van der Waals surface area (Å²) >= 11 is 0. The van der Waals surface area contributed by atoms with Crippen LogP contribution in [-0.2, 0) is 19.3 Å². The molecule has 2 atom stereocenters. The van der Waals surface area contributed by atoms with Crippen LogP contribution in [0, 0.1) is 38.0 Å². The average molecular weight is 391 g/mol. The number of hydroxylamine groups is 2. The van der Waals surface area contributed by atoms with E-state index in [-0.39, 0.29) is 31.0 Å². The normalized spacial score (nSPS) is 24.7. The number of hydrogen-bond acceptors (Lipinski definition) is 9. The Bertz CT molecular complexity index is 526. The van der Waals surface area contributed by atoms with Gasteiger partial charge in [0.25, 0.3) is 10.2 Å². The second-order valence-corrected chi connectivity index (χ2v) is 8.18. The molecule has 0 bridgehead atoms. The van der Waals surface area contributed by atoms with Crippen LogP contribution >= 0.6 is 0 Å². The van der Waals surface area contributed by atoms with Gasteiger partial charge in [0, 0.05) is 11.8 Å². The van der Waals surface area contributed by atoms with E-state index in [9.17, 15) is 25.0 Å². The lowest BCUT2D eigenvalue weighted by Crippen LogP contribution is -2.61. The van der Waals surface area contributed by atoms with Gasteiger partial charge in [-0.25, -0.2) is 0 Å². The van der Waals surface area contributed by atoms with E-state index in [1.54, 1.807) is 13.8 Å². The molecule has 0 aromatic rings. The number of nitrogens with zero attached hydrogens (tertiary/aromatic N) is 3. The first-order valence-corrected chi connectivity index (χ1v) is 8.86. The van der Waals surface area contributed by atoms with Gasteiger partial charge in [-0.05, 0) is 40.5 Å². The molecule has 1 saturated heterocycles. The summed E-state index contributed by atoms with van der Waals surface area (Å²) in [4.78, 5) is 48.5. The van der Waals surface area contributed by atoms with Gasteiger partial charge in [-0.2, -0.15) is 0 Å². The molecule has 0 aromatic heterocycles. The third-order valence-corrected chi connectivity index (χ3v) is 5.32. The Morgan fingerprint density at radius 3 is 1.67 bits per heavy atom. The van der Waals surface area contributed by atoms with Gasteiger partial charge >= 0.3 is 5.97 Å². The van der Waals surface area contributed by atoms with Gasteiger partial charge in [-0.1, -0.05) is 13.8 Å². The fourth-order valence-electron chi connectivity index (χ4n) is 3.49. The topological polar surface area (TPSA) is 134 Å². The van der Waals surface area contributed by atoms with Crippen LogP contribution in [-0.4, -0.2) is 45.5 Å². The zero-order chi connectivity index (χ0) is 21.0. The van der Waals surface area contributed by atoms with E-state index in [0.29, 0.717) is 12.8 Å². The maximum atomic E-state index is 12.3. The highest BCUT2D eigenvalue weighted by Crippen LogP contribution is 2.44. The molecule has 1 heterocycles. The summed E-state index contributed by atoms with van der Waals surface area (Å²) in [6.07, 6.45) is 0.984. The largest absolute Gasteiger partial charge is 0.367 e. The molecule has 2 unspecified atom stereocenters. The summed E-state index contributed by atoms with van der Waals surface area (Å²) in [6, 6.07) is 0. The van der Waals surface area contributed by atoms with Gasteiger partial charge in [0.15, 0.2) is 0 Å². The van der Waals surface area contributed by atoms with Crippen LogP contribution in [0.1, 0.15) is 54.4 Å². The third-order valence-electron chi connectivity index (χ3n) is 5.32. The van der Waals surface area contributed by atoms with E-state index in [2.05, 4.69) is 9.68 Å². The van der Waals surface area contributed by atoms with Gasteiger partial charge < -0.3 is 14.5 Å². The van der Waals surface area contributed by atoms with E-state index in [1.807, 2.05) is 27.7 Å². The number of hydrogen-bond donors (Lipinski definition) is 0. The van der Waals surface area contributed by atoms with Gasteiger partial charge in [0.05, 0.1) is 17.0 Å². The van der Waals surface area contributed by atoms with Crippen molar-refractivity contribution in [2.45, 2.75) is 65.5 Å². The highest BCUT2D eigenvalue weighted by Gasteiger charge is 2.52. The Morgan fingerprint density at radius 1 is 1.00 bits per heavy atom. The first-order valence-electron chi connectivity index (χ1n) is 8.86. The van der Waals surface area contributed by atoms with Crippen LogP contribution < -0.4 is 0 Å². The second-order valence-electron chi connectivity index (χ2n) is 8.18. The summed E-state index contributed by atoms with van der Waals surface area (Å²) < 4.78 is 0. The highest BCUT2D eigenvalue weighted by molar-refractivity contribution is 5.71. The Kier molecular flexibility index (Phi) is 7.35. The zero-order valence-electron chi connectivity index (χ0n) is 16.7. The van der Waals surface area contributed by atoms with Gasteiger partial charge in [-0.3, -0.25) is 4.79 Å². The van der Waals surface area contributed by atoms with Crippen molar-refractivity contribution < 1.29 is 29.5 Å². The molecule has 0 aromatic carbocycles. The predicted octanol–water partition coefficient (Wildman–Crippen LogP) is 2.40. The van der Waals surface area contributed by atoms with Gasteiger partial charge in [-0.15, -0.1) is 25.3 Å². The minimum atomic E-state index is -0.857. The Labute approximate surface area is 158 Å². The molecule has 0 N–H and O–H groups in total. The van der Waals surface area contributed by atoms with Crippen LogP contribution in [0.3, 0.4) is 0 Å². The van der Waals surface area contributed by atoms with Crippen LogP contribution in [0.25, 0.3) is 0 Å². The molecule has 11 nitrogen and oxygen atoms in total. The van der Waals surface area contributed by atoms with Crippen LogP contribution in [0.2, 0.25) is 0 Å². The lowest BCUT2D eigenvalue weighted by atomic mass is 9.85. The number of carbonyl (C=O) groups excluding carboxylic acids is 1. The van der Waals surface area contributed by atoms with Crippen molar-refractivity contribution in [3.8, 4) is 0 Å². The first kappa shape index (κ1) is 22.9. The predicted molar refractivity (Wildman–Crippen MR) is 93.0 cm³/mol. The minimum Gasteiger partial charge on any atom is -0.367 e. The van der Waals surface area contributed by atoms with E-state index in [1.165, 1.54) is 5.06 Å². The van der Waals surface area contributed by atoms with Crippen molar-refractivity contribution in [1.82, 2.24) is 5.06 Å². The molecule has 0 saturated carbocycles. The molecule has 1 aliphatic rings. The smallest absolute Gasteiger partial charge is 0.327 e. The lowest BCUT2D eigenvalue weighted by Gasteiger charge is -2.49. The highest BCUT2D eigenvalue weighted by atomic mass is 17.0. The van der Waals surface area contributed by atoms with Crippen molar-refractivity contribution in [1.29, 1.82) is 0 Å². The molecule has 156 valence electrons. The Hall–Kier alpha value is -2.17. The molecule has 0 spiro atoms. The monoisotopic (exact) mass is 391 g/mol. The molecule has 27 heavy (non-hydrogen) atoms. The Morgan fingerprint density at radius 2 is 1.37 bits per heavy atom. The fourth-order valence-corrected chi connectivity index (χ4v) is 3.49. The fraction of sp³-hybridized carbons (Fsp3) is 0.938. The molecule has 0 radical (unpaired) electrons. The maximum absolute atomic E-state index is 12.3. The number of rotatable bonds is 8. The van der Waals surface area contributed by atoms with Crippen LogP contribution in [0.15, 0.2) is 0 Å². The SMILES string of the molecule is CC(C)C(=O)ON1C(C)(C)C(CO[N+](=O)[O-])CCC(CO[N+](=O)[O-])C1(C)C. The first-order chi connectivity index (χ1) is 12.3. The molecular weight excluding hydrogens is 362 g/mol. The summed E-state index contributed by atoms with van der Waals surface area (Å²) in [5, 5.41) is 21.1. The van der Waals surface area contributed by atoms with E-state index in [4.69, 9.17) is 4.84 Å². The molecule has 1 fully saturated rings. The summed E-state index contributed by atoms with van der Waals surface area (Å²) in [7, 11) is 0. The summed E-state index contributed by atoms with van der Waals surface area (Å²) in [6.45, 7) is 10.3. The summed E-state index contributed by atoms with van der Waals surface area (Å²) in [5.41, 5.74) is -1.62. The van der Waals surface area contributed by atoms with Gasteiger partial charge in [0.2, 0.25) is 0 Å². The molecule has 0 amide bonds. The standard InChI is InChI=1S/C16H29N3O8/c1-11(2)14(20)27-17-15(3,4)12(9-25-18(21)22)7-8-13(16(17,5)6)10-26-19(23)24/h11-13H,7-10H2,1-6H3. The molecular formula is C16H29N3O8. The van der Waals surface area contributed by atoms with Crippen molar-refractivity contribution in [3.63, 3.8) is 0 Å². The van der Waals surface area contributed by atoms with Crippen LogP contribution in [0.5, 0.6) is 0 Å².